The molecule has 0 spiro atoms. The van der Waals surface area contributed by atoms with Gasteiger partial charge in [-0.3, -0.25) is 4.79 Å². The maximum Gasteiger partial charge on any atom is 0.344 e. The number of aliphatic hydroxyl groups excluding tert-OH is 1. The summed E-state index contributed by atoms with van der Waals surface area (Å²) < 4.78 is 23.6. The number of hydrogen-bond donors (Lipinski definition) is 1. The Morgan fingerprint density at radius 3 is 2.39 bits per heavy atom. The fourth-order valence-electron chi connectivity index (χ4n) is 12.3. The van der Waals surface area contributed by atoms with E-state index in [2.05, 4.69) is 47.6 Å². The van der Waals surface area contributed by atoms with Gasteiger partial charge in [-0.25, -0.2) is 4.79 Å². The van der Waals surface area contributed by atoms with Crippen molar-refractivity contribution in [2.24, 2.45) is 56.7 Å². The van der Waals surface area contributed by atoms with E-state index in [4.69, 9.17) is 18.9 Å². The van der Waals surface area contributed by atoms with E-state index in [9.17, 15) is 14.7 Å². The van der Waals surface area contributed by atoms with Gasteiger partial charge in [0, 0.05) is 5.41 Å². The predicted octanol–water partition coefficient (Wildman–Crippen LogP) is 6.85. The lowest BCUT2D eigenvalue weighted by molar-refractivity contribution is -0.368. The van der Waals surface area contributed by atoms with Crippen LogP contribution in [-0.4, -0.2) is 54.9 Å². The van der Waals surface area contributed by atoms with E-state index >= 15 is 0 Å². The van der Waals surface area contributed by atoms with E-state index in [1.807, 2.05) is 13.8 Å². The van der Waals surface area contributed by atoms with Crippen LogP contribution >= 0.6 is 0 Å². The molecule has 5 aliphatic carbocycles. The van der Waals surface area contributed by atoms with E-state index in [-0.39, 0.29) is 52.9 Å². The van der Waals surface area contributed by atoms with Crippen LogP contribution in [0.4, 0.5) is 0 Å². The van der Waals surface area contributed by atoms with Gasteiger partial charge in [-0.1, -0.05) is 53.2 Å². The zero-order valence-corrected chi connectivity index (χ0v) is 28.8. The van der Waals surface area contributed by atoms with Crippen molar-refractivity contribution in [3.63, 3.8) is 0 Å². The van der Waals surface area contributed by atoms with E-state index in [0.29, 0.717) is 30.3 Å². The number of fused-ring (bicyclic) bond motifs is 9. The summed E-state index contributed by atoms with van der Waals surface area (Å²) in [5.41, 5.74) is 0.529. The number of carbonyl (C=O) groups is 2. The Balaban J connectivity index is 1.36. The molecule has 1 saturated heterocycles. The fourth-order valence-corrected chi connectivity index (χ4v) is 12.3. The molecule has 248 valence electrons. The monoisotopic (exact) mass is 614 g/mol. The van der Waals surface area contributed by atoms with Crippen LogP contribution in [0.5, 0.6) is 0 Å². The second kappa shape index (κ2) is 10.5. The molecule has 0 radical (unpaired) electrons. The first-order chi connectivity index (χ1) is 20.5. The highest BCUT2D eigenvalue weighted by Gasteiger charge is 2.72. The summed E-state index contributed by atoms with van der Waals surface area (Å²) in [5.74, 6) is 0.375. The Morgan fingerprint density at radius 1 is 0.955 bits per heavy atom. The van der Waals surface area contributed by atoms with Crippen molar-refractivity contribution in [3.8, 4) is 0 Å². The summed E-state index contributed by atoms with van der Waals surface area (Å²) >= 11 is 0. The van der Waals surface area contributed by atoms with E-state index < -0.39 is 23.3 Å². The van der Waals surface area contributed by atoms with Crippen molar-refractivity contribution < 1.29 is 33.6 Å². The topological polar surface area (TPSA) is 91.3 Å². The molecule has 3 unspecified atom stereocenters. The summed E-state index contributed by atoms with van der Waals surface area (Å²) in [4.78, 5) is 26.2. The zero-order chi connectivity index (χ0) is 32.1. The van der Waals surface area contributed by atoms with Crippen molar-refractivity contribution >= 4 is 11.9 Å². The number of rotatable bonds is 4. The first kappa shape index (κ1) is 32.5. The molecule has 0 aromatic carbocycles. The zero-order valence-electron chi connectivity index (χ0n) is 28.8. The molecule has 12 atom stereocenters. The van der Waals surface area contributed by atoms with Crippen molar-refractivity contribution in [2.45, 2.75) is 132 Å². The number of carbonyl (C=O) groups excluding carboxylic acids is 2. The highest BCUT2D eigenvalue weighted by atomic mass is 16.7. The van der Waals surface area contributed by atoms with Crippen LogP contribution in [0.1, 0.15) is 114 Å². The molecule has 0 bridgehead atoms. The molecule has 4 saturated carbocycles. The Kier molecular flexibility index (Phi) is 7.78. The van der Waals surface area contributed by atoms with Gasteiger partial charge in [0.25, 0.3) is 0 Å². The Labute approximate surface area is 265 Å². The third kappa shape index (κ3) is 4.37. The summed E-state index contributed by atoms with van der Waals surface area (Å²) in [6, 6.07) is 0. The molecule has 5 fully saturated rings. The summed E-state index contributed by atoms with van der Waals surface area (Å²) in [6.07, 6.45) is 9.20. The van der Waals surface area contributed by atoms with Crippen LogP contribution < -0.4 is 0 Å². The van der Waals surface area contributed by atoms with Crippen molar-refractivity contribution in [1.29, 1.82) is 0 Å². The quantitative estimate of drug-likeness (QED) is 0.273. The van der Waals surface area contributed by atoms with Crippen molar-refractivity contribution in [2.75, 3.05) is 19.8 Å². The fraction of sp³-hybridized carbons (Fsp3) is 0.892. The minimum absolute atomic E-state index is 0.0301. The summed E-state index contributed by atoms with van der Waals surface area (Å²) in [5, 5.41) is 11.7. The van der Waals surface area contributed by atoms with Gasteiger partial charge in [-0.15, -0.1) is 0 Å². The number of ether oxygens (including phenoxy) is 4. The van der Waals surface area contributed by atoms with Gasteiger partial charge in [0.05, 0.1) is 30.8 Å². The molecule has 6 aliphatic rings. The first-order valence-electron chi connectivity index (χ1n) is 17.5. The van der Waals surface area contributed by atoms with Crippen molar-refractivity contribution in [3.05, 3.63) is 11.6 Å². The highest BCUT2D eigenvalue weighted by Crippen LogP contribution is 2.76. The molecule has 7 heteroatoms. The minimum atomic E-state index is -0.683. The molecule has 6 rings (SSSR count). The van der Waals surface area contributed by atoms with Gasteiger partial charge in [0.15, 0.2) is 12.4 Å². The molecular weight excluding hydrogens is 556 g/mol. The largest absolute Gasteiger partial charge is 0.463 e. The van der Waals surface area contributed by atoms with Crippen LogP contribution in [0, 0.1) is 56.7 Å². The SMILES string of the molecule is CCOC(=O)COC(=O)[C@]12CC[C@@H](C)[C@H](C)C1C1=CCC3[C@@]4(C)C[C@@H](O)[C@@H]5OC(C)(C)OC[C@@]5(C)C4CC[C@@]3(C)[C@]1(C)CC2. The van der Waals surface area contributed by atoms with E-state index in [1.54, 1.807) is 6.92 Å². The lowest BCUT2D eigenvalue weighted by Crippen LogP contribution is -2.70. The van der Waals surface area contributed by atoms with Gasteiger partial charge >= 0.3 is 11.9 Å². The Morgan fingerprint density at radius 2 is 1.68 bits per heavy atom. The highest BCUT2D eigenvalue weighted by molar-refractivity contribution is 5.82. The number of hydrogen-bond acceptors (Lipinski definition) is 7. The molecule has 44 heavy (non-hydrogen) atoms. The predicted molar refractivity (Wildman–Crippen MR) is 167 cm³/mol. The molecular formula is C37H58O7. The van der Waals surface area contributed by atoms with Gasteiger partial charge < -0.3 is 24.1 Å². The average molecular weight is 615 g/mol. The Hall–Kier alpha value is -1.44. The maximum atomic E-state index is 14.0. The number of allylic oxidation sites excluding steroid dienone is 2. The van der Waals surface area contributed by atoms with Gasteiger partial charge in [-0.05, 0) is 118 Å². The number of esters is 2. The maximum absolute atomic E-state index is 14.0. The van der Waals surface area contributed by atoms with Crippen LogP contribution in [-0.2, 0) is 28.5 Å². The molecule has 7 nitrogen and oxygen atoms in total. The summed E-state index contributed by atoms with van der Waals surface area (Å²) in [6.45, 7) is 20.7. The van der Waals surface area contributed by atoms with E-state index in [0.717, 1.165) is 51.4 Å². The minimum Gasteiger partial charge on any atom is -0.463 e. The summed E-state index contributed by atoms with van der Waals surface area (Å²) in [7, 11) is 0. The molecule has 0 aromatic rings. The van der Waals surface area contributed by atoms with E-state index in [1.165, 1.54) is 5.57 Å². The van der Waals surface area contributed by atoms with Gasteiger partial charge in [0.2, 0.25) is 0 Å². The molecule has 0 aromatic heterocycles. The van der Waals surface area contributed by atoms with Crippen LogP contribution in [0.3, 0.4) is 0 Å². The van der Waals surface area contributed by atoms with Gasteiger partial charge in [-0.2, -0.15) is 0 Å². The molecule has 0 amide bonds. The molecule has 1 heterocycles. The first-order valence-corrected chi connectivity index (χ1v) is 17.5. The van der Waals surface area contributed by atoms with Gasteiger partial charge in [0.1, 0.15) is 0 Å². The normalized spacial score (nSPS) is 50.9. The molecule has 1 aliphatic heterocycles. The van der Waals surface area contributed by atoms with Crippen LogP contribution in [0.15, 0.2) is 11.6 Å². The van der Waals surface area contributed by atoms with Crippen molar-refractivity contribution in [1.82, 2.24) is 0 Å². The second-order valence-electron chi connectivity index (χ2n) is 17.2. The Bertz CT molecular complexity index is 1210. The smallest absolute Gasteiger partial charge is 0.344 e. The van der Waals surface area contributed by atoms with Crippen LogP contribution in [0.25, 0.3) is 0 Å². The number of aliphatic hydroxyl groups is 1. The third-order valence-corrected chi connectivity index (χ3v) is 14.9. The lowest BCUT2D eigenvalue weighted by Gasteiger charge is -2.72. The third-order valence-electron chi connectivity index (χ3n) is 14.9. The van der Waals surface area contributed by atoms with Crippen LogP contribution in [0.2, 0.25) is 0 Å². The average Bonchev–Trinajstić information content (AvgIpc) is 2.95. The molecule has 1 N–H and O–H groups in total. The lowest BCUT2D eigenvalue weighted by atomic mass is 9.33. The second-order valence-corrected chi connectivity index (χ2v) is 17.2. The standard InChI is InChI=1S/C37H58O7/c1-10-41-28(39)20-42-31(40)37-16-13-22(2)23(3)29(37)24-11-12-27-33(6)19-25(38)30-34(7,21-43-32(4,5)44-30)26(33)14-15-36(27,9)35(24,8)17-18-37/h11,22-23,25-27,29-30,38H,10,12-21H2,1-9H3/t22-,23+,25-,26?,27?,29?,30+,33+,34+,35-,36-,37+/m1/s1.